The Morgan fingerprint density at radius 3 is 2.15 bits per heavy atom. The highest BCUT2D eigenvalue weighted by Gasteiger charge is 2.26. The summed E-state index contributed by atoms with van der Waals surface area (Å²) in [5, 5.41) is 0. The van der Waals surface area contributed by atoms with E-state index in [0.29, 0.717) is 0 Å². The fraction of sp³-hybridized carbons (Fsp3) is 1.00. The number of hydrogen-bond donors (Lipinski definition) is 1. The second-order valence-electron chi connectivity index (χ2n) is 4.65. The third-order valence-electron chi connectivity index (χ3n) is 3.81. The Morgan fingerprint density at radius 2 is 1.62 bits per heavy atom. The first-order chi connectivity index (χ1) is 6.40. The van der Waals surface area contributed by atoms with Gasteiger partial charge in [-0.2, -0.15) is 0 Å². The van der Waals surface area contributed by atoms with E-state index >= 15 is 0 Å². The van der Waals surface area contributed by atoms with Crippen molar-refractivity contribution in [3.8, 4) is 0 Å². The van der Waals surface area contributed by atoms with E-state index < -0.39 is 0 Å². The van der Waals surface area contributed by atoms with Gasteiger partial charge in [0.1, 0.15) is 0 Å². The van der Waals surface area contributed by atoms with Crippen molar-refractivity contribution < 1.29 is 0 Å². The van der Waals surface area contributed by atoms with Crippen molar-refractivity contribution in [1.29, 1.82) is 0 Å². The second-order valence-corrected chi connectivity index (χ2v) is 4.65. The topological polar surface area (TPSA) is 29.3 Å². The van der Waals surface area contributed by atoms with E-state index in [0.717, 1.165) is 18.5 Å². The summed E-state index contributed by atoms with van der Waals surface area (Å²) >= 11 is 0. The Labute approximate surface area is 81.5 Å². The molecule has 2 aliphatic rings. The fourth-order valence-corrected chi connectivity index (χ4v) is 2.85. The number of hydrogen-bond acceptors (Lipinski definition) is 2. The molecule has 76 valence electrons. The highest BCUT2D eigenvalue weighted by atomic mass is 15.2. The zero-order valence-corrected chi connectivity index (χ0v) is 8.54. The van der Waals surface area contributed by atoms with Crippen molar-refractivity contribution in [2.45, 2.75) is 44.6 Å². The lowest BCUT2D eigenvalue weighted by Crippen LogP contribution is -2.37. The number of nitrogens with zero attached hydrogens (tertiary/aromatic N) is 1. The molecule has 0 atom stereocenters. The molecule has 0 aromatic heterocycles. The third kappa shape index (κ3) is 2.23. The summed E-state index contributed by atoms with van der Waals surface area (Å²) in [7, 11) is 0. The van der Waals surface area contributed by atoms with Gasteiger partial charge in [0, 0.05) is 6.04 Å². The lowest BCUT2D eigenvalue weighted by atomic mass is 9.85. The van der Waals surface area contributed by atoms with E-state index in [9.17, 15) is 0 Å². The van der Waals surface area contributed by atoms with Gasteiger partial charge in [0.15, 0.2) is 0 Å². The maximum atomic E-state index is 5.69. The number of likely N-dealkylation sites (tertiary alicyclic amines) is 1. The van der Waals surface area contributed by atoms with Crippen molar-refractivity contribution >= 4 is 0 Å². The molecular weight excluding hydrogens is 160 g/mol. The molecule has 0 aromatic rings. The van der Waals surface area contributed by atoms with Crippen LogP contribution >= 0.6 is 0 Å². The molecule has 1 saturated carbocycles. The molecule has 1 heterocycles. The van der Waals surface area contributed by atoms with Crippen LogP contribution in [0.4, 0.5) is 0 Å². The van der Waals surface area contributed by atoms with Crippen LogP contribution in [-0.2, 0) is 0 Å². The van der Waals surface area contributed by atoms with Crippen LogP contribution < -0.4 is 5.73 Å². The molecule has 0 radical (unpaired) electrons. The quantitative estimate of drug-likeness (QED) is 0.703. The summed E-state index contributed by atoms with van der Waals surface area (Å²) in [4.78, 5) is 2.70. The first-order valence-electron chi connectivity index (χ1n) is 5.84. The summed E-state index contributed by atoms with van der Waals surface area (Å²) in [6.45, 7) is 3.63. The van der Waals surface area contributed by atoms with Crippen molar-refractivity contribution in [2.24, 2.45) is 11.7 Å². The summed E-state index contributed by atoms with van der Waals surface area (Å²) in [5.41, 5.74) is 5.69. The molecule has 0 bridgehead atoms. The molecule has 0 amide bonds. The normalized spacial score (nSPS) is 36.7. The maximum Gasteiger partial charge on any atom is 0.00954 e. The standard InChI is InChI=1S/C11H22N2/c12-9-10-3-5-11(6-4-10)13-7-1-2-8-13/h10-11H,1-9,12H2/t10-,11-. The van der Waals surface area contributed by atoms with Gasteiger partial charge in [0.25, 0.3) is 0 Å². The highest BCUT2D eigenvalue weighted by molar-refractivity contribution is 4.82. The second kappa shape index (κ2) is 4.43. The first kappa shape index (κ1) is 9.47. The van der Waals surface area contributed by atoms with Crippen LogP contribution in [0.1, 0.15) is 38.5 Å². The molecule has 0 aromatic carbocycles. The van der Waals surface area contributed by atoms with Gasteiger partial charge in [-0.05, 0) is 64.1 Å². The largest absolute Gasteiger partial charge is 0.330 e. The van der Waals surface area contributed by atoms with Crippen LogP contribution in [0.25, 0.3) is 0 Å². The molecule has 0 spiro atoms. The van der Waals surface area contributed by atoms with Crippen molar-refractivity contribution in [1.82, 2.24) is 4.90 Å². The van der Waals surface area contributed by atoms with Gasteiger partial charge in [-0.25, -0.2) is 0 Å². The van der Waals surface area contributed by atoms with E-state index in [-0.39, 0.29) is 0 Å². The minimum atomic E-state index is 0.832. The van der Waals surface area contributed by atoms with E-state index in [1.807, 2.05) is 0 Å². The minimum Gasteiger partial charge on any atom is -0.330 e. The van der Waals surface area contributed by atoms with Crippen LogP contribution in [0.5, 0.6) is 0 Å². The van der Waals surface area contributed by atoms with Crippen LogP contribution in [0.3, 0.4) is 0 Å². The smallest absolute Gasteiger partial charge is 0.00954 e. The molecule has 2 rings (SSSR count). The lowest BCUT2D eigenvalue weighted by molar-refractivity contribution is 0.166. The predicted molar refractivity (Wildman–Crippen MR) is 55.6 cm³/mol. The lowest BCUT2D eigenvalue weighted by Gasteiger charge is -2.34. The minimum absolute atomic E-state index is 0.832. The molecule has 13 heavy (non-hydrogen) atoms. The summed E-state index contributed by atoms with van der Waals surface area (Å²) in [6.07, 6.45) is 8.41. The SMILES string of the molecule is NC[C@H]1CC[C@H](N2CCCC2)CC1. The van der Waals surface area contributed by atoms with Crippen LogP contribution in [0.15, 0.2) is 0 Å². The zero-order valence-electron chi connectivity index (χ0n) is 8.54. The van der Waals surface area contributed by atoms with E-state index in [2.05, 4.69) is 4.90 Å². The summed E-state index contributed by atoms with van der Waals surface area (Å²) in [6, 6.07) is 0.908. The van der Waals surface area contributed by atoms with E-state index in [4.69, 9.17) is 5.73 Å². The van der Waals surface area contributed by atoms with Gasteiger partial charge in [-0.1, -0.05) is 0 Å². The Bertz CT molecular complexity index is 144. The van der Waals surface area contributed by atoms with E-state index in [1.165, 1.54) is 51.6 Å². The fourth-order valence-electron chi connectivity index (χ4n) is 2.85. The third-order valence-corrected chi connectivity index (χ3v) is 3.81. The number of nitrogens with two attached hydrogens (primary N) is 1. The molecule has 1 aliphatic carbocycles. The Kier molecular flexibility index (Phi) is 3.23. The monoisotopic (exact) mass is 182 g/mol. The van der Waals surface area contributed by atoms with Gasteiger partial charge in [0.2, 0.25) is 0 Å². The molecule has 2 nitrogen and oxygen atoms in total. The molecule has 2 fully saturated rings. The molecule has 2 heteroatoms. The first-order valence-corrected chi connectivity index (χ1v) is 5.84. The highest BCUT2D eigenvalue weighted by Crippen LogP contribution is 2.28. The predicted octanol–water partition coefficient (Wildman–Crippen LogP) is 1.60. The Balaban J connectivity index is 1.77. The average Bonchev–Trinajstić information content (AvgIpc) is 2.71. The van der Waals surface area contributed by atoms with Gasteiger partial charge < -0.3 is 10.6 Å². The molecular formula is C11H22N2. The average molecular weight is 182 g/mol. The summed E-state index contributed by atoms with van der Waals surface area (Å²) in [5.74, 6) is 0.832. The molecule has 0 unspecified atom stereocenters. The Hall–Kier alpha value is -0.0800. The van der Waals surface area contributed by atoms with E-state index in [1.54, 1.807) is 0 Å². The van der Waals surface area contributed by atoms with Crippen molar-refractivity contribution in [3.05, 3.63) is 0 Å². The zero-order chi connectivity index (χ0) is 9.10. The van der Waals surface area contributed by atoms with Crippen LogP contribution in [0, 0.1) is 5.92 Å². The number of rotatable bonds is 2. The molecule has 1 aliphatic heterocycles. The molecule has 1 saturated heterocycles. The maximum absolute atomic E-state index is 5.69. The van der Waals surface area contributed by atoms with Gasteiger partial charge in [-0.3, -0.25) is 0 Å². The van der Waals surface area contributed by atoms with Gasteiger partial charge in [-0.15, -0.1) is 0 Å². The van der Waals surface area contributed by atoms with Gasteiger partial charge in [0.05, 0.1) is 0 Å². The Morgan fingerprint density at radius 1 is 1.00 bits per heavy atom. The van der Waals surface area contributed by atoms with Crippen LogP contribution in [0.2, 0.25) is 0 Å². The summed E-state index contributed by atoms with van der Waals surface area (Å²) < 4.78 is 0. The van der Waals surface area contributed by atoms with Crippen molar-refractivity contribution in [2.75, 3.05) is 19.6 Å². The molecule has 2 N–H and O–H groups in total. The van der Waals surface area contributed by atoms with Crippen molar-refractivity contribution in [3.63, 3.8) is 0 Å². The van der Waals surface area contributed by atoms with Crippen LogP contribution in [-0.4, -0.2) is 30.6 Å². The van der Waals surface area contributed by atoms with Gasteiger partial charge >= 0.3 is 0 Å².